The maximum absolute atomic E-state index is 6.12. The van der Waals surface area contributed by atoms with Gasteiger partial charge in [-0.15, -0.1) is 6.42 Å². The highest BCUT2D eigenvalue weighted by molar-refractivity contribution is 6.31. The van der Waals surface area contributed by atoms with Crippen LogP contribution in [0.1, 0.15) is 11.4 Å². The van der Waals surface area contributed by atoms with Crippen molar-refractivity contribution in [1.29, 1.82) is 0 Å². The number of anilines is 1. The molecule has 0 fully saturated rings. The Kier molecular flexibility index (Phi) is 3.31. The van der Waals surface area contributed by atoms with Crippen molar-refractivity contribution in [1.82, 2.24) is 9.55 Å². The summed E-state index contributed by atoms with van der Waals surface area (Å²) in [5.74, 6) is 3.95. The molecule has 2 aromatic rings. The van der Waals surface area contributed by atoms with E-state index in [0.29, 0.717) is 17.4 Å². The van der Waals surface area contributed by atoms with Gasteiger partial charge in [0.1, 0.15) is 17.3 Å². The number of aryl methyl sites for hydroxylation is 2. The number of halogens is 1. The van der Waals surface area contributed by atoms with Crippen LogP contribution in [0.15, 0.2) is 18.2 Å². The van der Waals surface area contributed by atoms with E-state index in [1.807, 2.05) is 36.6 Å². The van der Waals surface area contributed by atoms with Crippen molar-refractivity contribution in [2.75, 3.05) is 5.73 Å². The summed E-state index contributed by atoms with van der Waals surface area (Å²) in [6, 6.07) is 5.78. The molecule has 0 aliphatic rings. The Morgan fingerprint density at radius 3 is 2.78 bits per heavy atom. The van der Waals surface area contributed by atoms with Crippen LogP contribution in [0.2, 0.25) is 5.02 Å². The molecular weight excluding hydrogens is 246 g/mol. The summed E-state index contributed by atoms with van der Waals surface area (Å²) < 4.78 is 1.81. The average molecular weight is 260 g/mol. The molecule has 0 saturated carbocycles. The van der Waals surface area contributed by atoms with Crippen LogP contribution >= 0.6 is 11.6 Å². The molecule has 18 heavy (non-hydrogen) atoms. The fourth-order valence-electron chi connectivity index (χ4n) is 1.83. The van der Waals surface area contributed by atoms with E-state index in [1.54, 1.807) is 0 Å². The molecule has 92 valence electrons. The highest BCUT2D eigenvalue weighted by atomic mass is 35.5. The minimum Gasteiger partial charge on any atom is -0.383 e. The Morgan fingerprint density at radius 1 is 1.44 bits per heavy atom. The second kappa shape index (κ2) is 4.75. The SMILES string of the molecule is C#CCn1c(C)nc(-c2ccc(C)c(Cl)c2)c1N. The molecule has 0 aliphatic heterocycles. The molecule has 0 bridgehead atoms. The summed E-state index contributed by atoms with van der Waals surface area (Å²) in [4.78, 5) is 4.45. The lowest BCUT2D eigenvalue weighted by atomic mass is 10.1. The molecule has 0 saturated heterocycles. The molecule has 3 nitrogen and oxygen atoms in total. The number of hydrogen-bond acceptors (Lipinski definition) is 2. The Balaban J connectivity index is 2.55. The van der Waals surface area contributed by atoms with Gasteiger partial charge in [-0.2, -0.15) is 0 Å². The maximum atomic E-state index is 6.12. The van der Waals surface area contributed by atoms with Crippen LogP contribution in [0.3, 0.4) is 0 Å². The van der Waals surface area contributed by atoms with Gasteiger partial charge in [-0.1, -0.05) is 29.7 Å². The largest absolute Gasteiger partial charge is 0.383 e. The molecule has 0 radical (unpaired) electrons. The molecule has 4 heteroatoms. The van der Waals surface area contributed by atoms with E-state index >= 15 is 0 Å². The number of benzene rings is 1. The number of hydrogen-bond donors (Lipinski definition) is 1. The van der Waals surface area contributed by atoms with Crippen molar-refractivity contribution in [2.45, 2.75) is 20.4 Å². The van der Waals surface area contributed by atoms with Crippen LogP contribution in [0.5, 0.6) is 0 Å². The standard InChI is InChI=1S/C14H14ClN3/c1-4-7-18-10(3)17-13(14(18)16)11-6-5-9(2)12(15)8-11/h1,5-6,8H,7,16H2,2-3H3. The monoisotopic (exact) mass is 259 g/mol. The first-order valence-corrected chi connectivity index (χ1v) is 5.95. The smallest absolute Gasteiger partial charge is 0.132 e. The molecule has 0 atom stereocenters. The lowest BCUT2D eigenvalue weighted by molar-refractivity contribution is 0.807. The second-order valence-electron chi connectivity index (χ2n) is 4.15. The minimum absolute atomic E-state index is 0.421. The zero-order valence-corrected chi connectivity index (χ0v) is 11.1. The summed E-state index contributed by atoms with van der Waals surface area (Å²) >= 11 is 6.12. The fraction of sp³-hybridized carbons (Fsp3) is 0.214. The van der Waals surface area contributed by atoms with E-state index in [9.17, 15) is 0 Å². The second-order valence-corrected chi connectivity index (χ2v) is 4.55. The van der Waals surface area contributed by atoms with Gasteiger partial charge in [0.2, 0.25) is 0 Å². The molecular formula is C14H14ClN3. The first-order valence-electron chi connectivity index (χ1n) is 5.57. The Labute approximate surface area is 112 Å². The van der Waals surface area contributed by atoms with Crippen LogP contribution in [0.25, 0.3) is 11.3 Å². The van der Waals surface area contributed by atoms with E-state index in [-0.39, 0.29) is 0 Å². The molecule has 2 N–H and O–H groups in total. The van der Waals surface area contributed by atoms with E-state index in [1.165, 1.54) is 0 Å². The van der Waals surface area contributed by atoms with E-state index in [4.69, 9.17) is 23.8 Å². The highest BCUT2D eigenvalue weighted by Crippen LogP contribution is 2.29. The van der Waals surface area contributed by atoms with Gasteiger partial charge in [0, 0.05) is 10.6 Å². The van der Waals surface area contributed by atoms with Crippen LogP contribution in [0, 0.1) is 26.2 Å². The van der Waals surface area contributed by atoms with Crippen LogP contribution in [-0.4, -0.2) is 9.55 Å². The van der Waals surface area contributed by atoms with Gasteiger partial charge in [0.15, 0.2) is 0 Å². The summed E-state index contributed by atoms with van der Waals surface area (Å²) in [5, 5.41) is 0.705. The van der Waals surface area contributed by atoms with Crippen LogP contribution in [0.4, 0.5) is 5.82 Å². The van der Waals surface area contributed by atoms with Gasteiger partial charge in [-0.25, -0.2) is 4.98 Å². The minimum atomic E-state index is 0.421. The van der Waals surface area contributed by atoms with Gasteiger partial charge in [0.05, 0.1) is 6.54 Å². The first kappa shape index (κ1) is 12.5. The Morgan fingerprint density at radius 2 is 2.17 bits per heavy atom. The molecule has 1 aromatic heterocycles. The molecule has 1 heterocycles. The molecule has 0 aliphatic carbocycles. The van der Waals surface area contributed by atoms with Crippen molar-refractivity contribution in [3.05, 3.63) is 34.6 Å². The van der Waals surface area contributed by atoms with Crippen molar-refractivity contribution < 1.29 is 0 Å². The van der Waals surface area contributed by atoms with Crippen LogP contribution < -0.4 is 5.73 Å². The molecule has 0 amide bonds. The summed E-state index contributed by atoms with van der Waals surface area (Å²) in [7, 11) is 0. The quantitative estimate of drug-likeness (QED) is 0.843. The highest BCUT2D eigenvalue weighted by Gasteiger charge is 2.13. The molecule has 0 unspecified atom stereocenters. The normalized spacial score (nSPS) is 10.3. The van der Waals surface area contributed by atoms with Gasteiger partial charge in [0.25, 0.3) is 0 Å². The third-order valence-corrected chi connectivity index (χ3v) is 3.30. The Hall–Kier alpha value is -1.92. The first-order chi connectivity index (χ1) is 8.54. The number of nitrogens with two attached hydrogens (primary N) is 1. The zero-order valence-electron chi connectivity index (χ0n) is 10.4. The maximum Gasteiger partial charge on any atom is 0.132 e. The number of nitrogen functional groups attached to an aromatic ring is 1. The predicted molar refractivity (Wildman–Crippen MR) is 75.4 cm³/mol. The summed E-state index contributed by atoms with van der Waals surface area (Å²) in [6.07, 6.45) is 5.31. The third kappa shape index (κ3) is 2.07. The van der Waals surface area contributed by atoms with Crippen molar-refractivity contribution >= 4 is 17.4 Å². The molecule has 1 aromatic carbocycles. The number of rotatable bonds is 2. The van der Waals surface area contributed by atoms with Crippen molar-refractivity contribution in [3.63, 3.8) is 0 Å². The number of aromatic nitrogens is 2. The van der Waals surface area contributed by atoms with Gasteiger partial charge >= 0.3 is 0 Å². The Bertz CT molecular complexity index is 635. The van der Waals surface area contributed by atoms with E-state index in [0.717, 1.165) is 22.6 Å². The van der Waals surface area contributed by atoms with Gasteiger partial charge in [-0.05, 0) is 25.5 Å². The fourth-order valence-corrected chi connectivity index (χ4v) is 2.01. The van der Waals surface area contributed by atoms with E-state index < -0.39 is 0 Å². The average Bonchev–Trinajstić information content (AvgIpc) is 2.61. The lowest BCUT2D eigenvalue weighted by Crippen LogP contribution is -2.03. The van der Waals surface area contributed by atoms with Gasteiger partial charge < -0.3 is 10.3 Å². The number of imidazole rings is 1. The molecule has 2 rings (SSSR count). The van der Waals surface area contributed by atoms with Gasteiger partial charge in [-0.3, -0.25) is 0 Å². The molecule has 0 spiro atoms. The topological polar surface area (TPSA) is 43.8 Å². The van der Waals surface area contributed by atoms with Crippen LogP contribution in [-0.2, 0) is 6.54 Å². The predicted octanol–water partition coefficient (Wildman–Crippen LogP) is 3.04. The van der Waals surface area contributed by atoms with Crippen molar-refractivity contribution in [2.24, 2.45) is 0 Å². The van der Waals surface area contributed by atoms with E-state index in [2.05, 4.69) is 10.9 Å². The summed E-state index contributed by atoms with van der Waals surface area (Å²) in [5.41, 5.74) is 8.73. The summed E-state index contributed by atoms with van der Waals surface area (Å²) in [6.45, 7) is 4.26. The zero-order chi connectivity index (χ0) is 13.3. The third-order valence-electron chi connectivity index (χ3n) is 2.89. The number of nitrogens with zero attached hydrogens (tertiary/aromatic N) is 2. The number of terminal acetylenes is 1. The van der Waals surface area contributed by atoms with Crippen molar-refractivity contribution in [3.8, 4) is 23.6 Å². The lowest BCUT2D eigenvalue weighted by Gasteiger charge is -2.04.